The summed E-state index contributed by atoms with van der Waals surface area (Å²) in [6, 6.07) is 7.87. The number of anilines is 1. The Morgan fingerprint density at radius 2 is 2.00 bits per heavy atom. The molecule has 1 fully saturated rings. The predicted octanol–water partition coefficient (Wildman–Crippen LogP) is 1.52. The Kier molecular flexibility index (Phi) is 3.18. The Morgan fingerprint density at radius 1 is 1.25 bits per heavy atom. The van der Waals surface area contributed by atoms with Gasteiger partial charge in [0, 0.05) is 13.1 Å². The van der Waals surface area contributed by atoms with Gasteiger partial charge in [-0.15, -0.1) is 0 Å². The fourth-order valence-corrected chi connectivity index (χ4v) is 2.95. The normalized spacial score (nSPS) is 26.7. The molecule has 0 spiro atoms. The highest BCUT2D eigenvalue weighted by atomic mass is 16.3. The quantitative estimate of drug-likeness (QED) is 0.738. The molecule has 1 aliphatic rings. The topological polar surface area (TPSA) is 72.4 Å². The fraction of sp³-hybridized carbons (Fsp3) is 0.533. The molecule has 2 atom stereocenters. The van der Waals surface area contributed by atoms with Crippen LogP contribution in [0.2, 0.25) is 0 Å². The standard InChI is InChI=1S/C15H21N3O2/c1-15(2)7-12(19)13(20)8-18(9-15)14-16-10-5-3-4-6-11(10)17-14/h3-6,12-13,19-20H,7-9H2,1-2H3,(H,16,17)/t12-,13+/m1/s1. The highest BCUT2D eigenvalue weighted by Crippen LogP contribution is 2.31. The van der Waals surface area contributed by atoms with Gasteiger partial charge < -0.3 is 20.1 Å². The first-order chi connectivity index (χ1) is 9.44. The summed E-state index contributed by atoms with van der Waals surface area (Å²) in [6.45, 7) is 5.35. The van der Waals surface area contributed by atoms with Gasteiger partial charge in [0.25, 0.3) is 0 Å². The van der Waals surface area contributed by atoms with E-state index in [1.165, 1.54) is 0 Å². The first-order valence-corrected chi connectivity index (χ1v) is 7.00. The van der Waals surface area contributed by atoms with Crippen molar-refractivity contribution in [1.29, 1.82) is 0 Å². The van der Waals surface area contributed by atoms with Crippen LogP contribution in [0.3, 0.4) is 0 Å². The van der Waals surface area contributed by atoms with Crippen LogP contribution in [0.5, 0.6) is 0 Å². The average Bonchev–Trinajstić information content (AvgIpc) is 2.76. The van der Waals surface area contributed by atoms with Crippen LogP contribution in [0.25, 0.3) is 11.0 Å². The molecular formula is C15H21N3O2. The zero-order valence-corrected chi connectivity index (χ0v) is 11.9. The van der Waals surface area contributed by atoms with Crippen LogP contribution in [-0.4, -0.2) is 45.5 Å². The maximum absolute atomic E-state index is 10.1. The first kappa shape index (κ1) is 13.4. The maximum atomic E-state index is 10.1. The van der Waals surface area contributed by atoms with Crippen LogP contribution < -0.4 is 4.90 Å². The molecule has 3 N–H and O–H groups in total. The number of β-amino-alcohol motifs (C(OH)–C–C–N with tert-alkyl or cyclic N) is 1. The van der Waals surface area contributed by atoms with Crippen molar-refractivity contribution in [3.05, 3.63) is 24.3 Å². The summed E-state index contributed by atoms with van der Waals surface area (Å²) >= 11 is 0. The minimum absolute atomic E-state index is 0.0735. The van der Waals surface area contributed by atoms with Crippen LogP contribution in [0.1, 0.15) is 20.3 Å². The molecule has 108 valence electrons. The van der Waals surface area contributed by atoms with Crippen LogP contribution in [0.15, 0.2) is 24.3 Å². The third kappa shape index (κ3) is 2.51. The lowest BCUT2D eigenvalue weighted by Crippen LogP contribution is -2.37. The minimum Gasteiger partial charge on any atom is -0.390 e. The summed E-state index contributed by atoms with van der Waals surface area (Å²) in [7, 11) is 0. The van der Waals surface area contributed by atoms with Gasteiger partial charge in [-0.25, -0.2) is 4.98 Å². The summed E-state index contributed by atoms with van der Waals surface area (Å²) in [5.41, 5.74) is 1.83. The van der Waals surface area contributed by atoms with Crippen molar-refractivity contribution in [2.45, 2.75) is 32.5 Å². The summed E-state index contributed by atoms with van der Waals surface area (Å²) < 4.78 is 0. The number of hydrogen-bond donors (Lipinski definition) is 3. The third-order valence-electron chi connectivity index (χ3n) is 3.91. The molecule has 0 radical (unpaired) electrons. The molecule has 0 amide bonds. The number of aromatic nitrogens is 2. The Bertz CT molecular complexity index is 575. The number of aliphatic hydroxyl groups is 2. The molecular weight excluding hydrogens is 254 g/mol. The van der Waals surface area contributed by atoms with Crippen LogP contribution in [-0.2, 0) is 0 Å². The van der Waals surface area contributed by atoms with Crippen LogP contribution >= 0.6 is 0 Å². The van der Waals surface area contributed by atoms with Gasteiger partial charge in [0.15, 0.2) is 0 Å². The van der Waals surface area contributed by atoms with Crippen molar-refractivity contribution >= 4 is 17.0 Å². The number of para-hydroxylation sites is 2. The molecule has 0 bridgehead atoms. The fourth-order valence-electron chi connectivity index (χ4n) is 2.95. The molecule has 20 heavy (non-hydrogen) atoms. The van der Waals surface area contributed by atoms with Crippen LogP contribution in [0, 0.1) is 5.41 Å². The monoisotopic (exact) mass is 275 g/mol. The number of nitrogens with zero attached hydrogens (tertiary/aromatic N) is 2. The second-order valence-electron chi connectivity index (χ2n) is 6.46. The number of aliphatic hydroxyl groups excluding tert-OH is 2. The molecule has 1 aliphatic heterocycles. The first-order valence-electron chi connectivity index (χ1n) is 7.00. The highest BCUT2D eigenvalue weighted by Gasteiger charge is 2.35. The van der Waals surface area contributed by atoms with Crippen molar-refractivity contribution < 1.29 is 10.2 Å². The average molecular weight is 275 g/mol. The maximum Gasteiger partial charge on any atom is 0.203 e. The van der Waals surface area contributed by atoms with Crippen molar-refractivity contribution in [1.82, 2.24) is 9.97 Å². The summed E-state index contributed by atoms with van der Waals surface area (Å²) in [5.74, 6) is 0.757. The number of imidazole rings is 1. The van der Waals surface area contributed by atoms with Gasteiger partial charge in [-0.1, -0.05) is 26.0 Å². The summed E-state index contributed by atoms with van der Waals surface area (Å²) in [5, 5.41) is 20.1. The van der Waals surface area contributed by atoms with Crippen molar-refractivity contribution in [2.75, 3.05) is 18.0 Å². The summed E-state index contributed by atoms with van der Waals surface area (Å²) in [6.07, 6.45) is -0.838. The minimum atomic E-state index is -0.745. The summed E-state index contributed by atoms with van der Waals surface area (Å²) in [4.78, 5) is 9.90. The Hall–Kier alpha value is -1.59. The molecule has 2 aromatic rings. The molecule has 0 aliphatic carbocycles. The largest absolute Gasteiger partial charge is 0.390 e. The van der Waals surface area contributed by atoms with Gasteiger partial charge in [0.2, 0.25) is 5.95 Å². The zero-order chi connectivity index (χ0) is 14.3. The van der Waals surface area contributed by atoms with E-state index in [4.69, 9.17) is 0 Å². The predicted molar refractivity (Wildman–Crippen MR) is 78.7 cm³/mol. The number of H-pyrrole nitrogens is 1. The van der Waals surface area contributed by atoms with E-state index in [0.717, 1.165) is 23.5 Å². The molecule has 1 saturated heterocycles. The number of benzene rings is 1. The highest BCUT2D eigenvalue weighted by molar-refractivity contribution is 5.77. The lowest BCUT2D eigenvalue weighted by Gasteiger charge is -2.29. The van der Waals surface area contributed by atoms with Gasteiger partial charge in [-0.2, -0.15) is 0 Å². The lowest BCUT2D eigenvalue weighted by atomic mass is 9.86. The van der Waals surface area contributed by atoms with Gasteiger partial charge in [0.1, 0.15) is 0 Å². The van der Waals surface area contributed by atoms with Crippen LogP contribution in [0.4, 0.5) is 5.95 Å². The molecule has 2 heterocycles. The number of fused-ring (bicyclic) bond motifs is 1. The molecule has 1 aromatic heterocycles. The number of aromatic amines is 1. The van der Waals surface area contributed by atoms with Gasteiger partial charge in [-0.05, 0) is 24.0 Å². The molecule has 0 saturated carbocycles. The van der Waals surface area contributed by atoms with Crippen molar-refractivity contribution in [3.63, 3.8) is 0 Å². The van der Waals surface area contributed by atoms with Crippen molar-refractivity contribution in [3.8, 4) is 0 Å². The van der Waals surface area contributed by atoms with Gasteiger partial charge in [-0.3, -0.25) is 0 Å². The van der Waals surface area contributed by atoms with E-state index in [1.54, 1.807) is 0 Å². The molecule has 3 rings (SSSR count). The Balaban J connectivity index is 1.95. The van der Waals surface area contributed by atoms with Gasteiger partial charge >= 0.3 is 0 Å². The second-order valence-corrected chi connectivity index (χ2v) is 6.46. The van der Waals surface area contributed by atoms with Crippen molar-refractivity contribution in [2.24, 2.45) is 5.41 Å². The van der Waals surface area contributed by atoms with E-state index in [1.807, 2.05) is 29.2 Å². The molecule has 0 unspecified atom stereocenters. The molecule has 5 nitrogen and oxygen atoms in total. The third-order valence-corrected chi connectivity index (χ3v) is 3.91. The van der Waals surface area contributed by atoms with E-state index in [0.29, 0.717) is 13.0 Å². The van der Waals surface area contributed by atoms with E-state index >= 15 is 0 Å². The number of hydrogen-bond acceptors (Lipinski definition) is 4. The zero-order valence-electron chi connectivity index (χ0n) is 11.9. The second kappa shape index (κ2) is 4.75. The van der Waals surface area contributed by atoms with E-state index in [-0.39, 0.29) is 5.41 Å². The lowest BCUT2D eigenvalue weighted by molar-refractivity contribution is 0.0109. The van der Waals surface area contributed by atoms with Gasteiger partial charge in [0.05, 0.1) is 23.2 Å². The smallest absolute Gasteiger partial charge is 0.203 e. The SMILES string of the molecule is CC1(C)C[C@@H](O)[C@@H](O)CN(c2nc3ccccc3[nH]2)C1. The Morgan fingerprint density at radius 3 is 2.75 bits per heavy atom. The van der Waals surface area contributed by atoms with E-state index in [2.05, 4.69) is 23.8 Å². The molecule has 1 aromatic carbocycles. The van der Waals surface area contributed by atoms with E-state index < -0.39 is 12.2 Å². The van der Waals surface area contributed by atoms with E-state index in [9.17, 15) is 10.2 Å². The molecule has 5 heteroatoms. The number of nitrogens with one attached hydrogen (secondary N) is 1. The number of rotatable bonds is 1. The Labute approximate surface area is 118 Å².